The van der Waals surface area contributed by atoms with Gasteiger partial charge in [-0.3, -0.25) is 9.59 Å². The smallest absolute Gasteiger partial charge is 0.256 e. The number of rotatable bonds is 5. The summed E-state index contributed by atoms with van der Waals surface area (Å²) in [6.45, 7) is 4.04. The molecule has 32 heavy (non-hydrogen) atoms. The Kier molecular flexibility index (Phi) is 4.52. The third-order valence-corrected chi connectivity index (χ3v) is 5.75. The van der Waals surface area contributed by atoms with Gasteiger partial charge in [-0.1, -0.05) is 54.2 Å². The molecule has 0 saturated carbocycles. The number of primary amides is 1. The molecule has 7 nitrogen and oxygen atoms in total. The van der Waals surface area contributed by atoms with Gasteiger partial charge in [-0.2, -0.15) is 0 Å². The van der Waals surface area contributed by atoms with Gasteiger partial charge in [0.2, 0.25) is 5.91 Å². The van der Waals surface area contributed by atoms with Crippen LogP contribution in [-0.2, 0) is 11.3 Å². The fraction of sp³-hybridized carbons (Fsp3) is 0.0800. The van der Waals surface area contributed by atoms with E-state index < -0.39 is 5.91 Å². The van der Waals surface area contributed by atoms with Crippen molar-refractivity contribution < 1.29 is 14.1 Å². The number of hydrogen-bond acceptors (Lipinski definition) is 5. The van der Waals surface area contributed by atoms with Crippen LogP contribution in [0.4, 0.5) is 5.69 Å². The molecule has 0 radical (unpaired) electrons. The fourth-order valence-electron chi connectivity index (χ4n) is 4.12. The third-order valence-electron chi connectivity index (χ3n) is 5.75. The number of nitrogen functional groups attached to an aromatic ring is 1. The number of anilines is 1. The van der Waals surface area contributed by atoms with Gasteiger partial charge in [-0.15, -0.1) is 0 Å². The van der Waals surface area contributed by atoms with Crippen molar-refractivity contribution in [3.63, 3.8) is 0 Å². The highest BCUT2D eigenvalue weighted by Gasteiger charge is 2.32. The first kappa shape index (κ1) is 19.6. The van der Waals surface area contributed by atoms with Gasteiger partial charge in [0.1, 0.15) is 5.69 Å². The zero-order chi connectivity index (χ0) is 22.4. The second-order valence-electron chi connectivity index (χ2n) is 7.79. The third kappa shape index (κ3) is 3.11. The first-order valence-corrected chi connectivity index (χ1v) is 10.1. The number of carbonyl (C=O) groups is 2. The highest BCUT2D eigenvalue weighted by atomic mass is 16.5. The Bertz CT molecular complexity index is 1410. The molecule has 0 atom stereocenters. The van der Waals surface area contributed by atoms with Gasteiger partial charge in [0.25, 0.3) is 5.91 Å². The highest BCUT2D eigenvalue weighted by Crippen LogP contribution is 2.38. The second-order valence-corrected chi connectivity index (χ2v) is 7.79. The van der Waals surface area contributed by atoms with E-state index in [1.54, 1.807) is 6.07 Å². The summed E-state index contributed by atoms with van der Waals surface area (Å²) in [4.78, 5) is 25.9. The number of amides is 2. The fourth-order valence-corrected chi connectivity index (χ4v) is 4.12. The Labute approximate surface area is 183 Å². The van der Waals surface area contributed by atoms with Crippen LogP contribution < -0.4 is 11.5 Å². The molecule has 0 aliphatic carbocycles. The molecule has 0 spiro atoms. The quantitative estimate of drug-likeness (QED) is 0.374. The Morgan fingerprint density at radius 2 is 1.88 bits per heavy atom. The molecular formula is C25H20N4O3. The molecule has 3 aromatic carbocycles. The summed E-state index contributed by atoms with van der Waals surface area (Å²) in [5.74, 6) is -0.869. The van der Waals surface area contributed by atoms with Gasteiger partial charge in [0.05, 0.1) is 17.5 Å². The van der Waals surface area contributed by atoms with Crippen molar-refractivity contribution in [3.05, 3.63) is 83.9 Å². The van der Waals surface area contributed by atoms with E-state index in [-0.39, 0.29) is 18.0 Å². The van der Waals surface area contributed by atoms with Gasteiger partial charge in [-0.05, 0) is 34.9 Å². The topological polar surface area (TPSA) is 115 Å². The first-order valence-electron chi connectivity index (χ1n) is 10.1. The average Bonchev–Trinajstić information content (AvgIpc) is 3.36. The van der Waals surface area contributed by atoms with Crippen LogP contribution in [0.15, 0.2) is 77.3 Å². The molecule has 1 aliphatic heterocycles. The largest absolute Gasteiger partial charge is 0.398 e. The van der Waals surface area contributed by atoms with Gasteiger partial charge in [0, 0.05) is 23.4 Å². The molecular weight excluding hydrogens is 404 g/mol. The maximum absolute atomic E-state index is 13.0. The minimum Gasteiger partial charge on any atom is -0.398 e. The van der Waals surface area contributed by atoms with Crippen molar-refractivity contribution >= 4 is 28.5 Å². The van der Waals surface area contributed by atoms with E-state index in [9.17, 15) is 9.59 Å². The summed E-state index contributed by atoms with van der Waals surface area (Å²) in [5, 5.41) is 5.13. The predicted octanol–water partition coefficient (Wildman–Crippen LogP) is 3.74. The maximum Gasteiger partial charge on any atom is 0.256 e. The molecule has 7 heteroatoms. The number of nitrogens with zero attached hydrogens (tertiary/aromatic N) is 2. The van der Waals surface area contributed by atoms with Gasteiger partial charge in [-0.25, -0.2) is 0 Å². The van der Waals surface area contributed by atoms with E-state index in [1.807, 2.05) is 54.6 Å². The van der Waals surface area contributed by atoms with E-state index in [1.165, 1.54) is 4.90 Å². The van der Waals surface area contributed by atoms with Crippen LogP contribution in [0.25, 0.3) is 33.4 Å². The SMILES string of the molecule is C=C(CN1Cc2c(-c3ccc4onc(-c5ccccc5)c4c3)ccc(N)c2C1=O)C(N)=O. The number of aromatic nitrogens is 1. The minimum absolute atomic E-state index is 0.0601. The van der Waals surface area contributed by atoms with E-state index in [4.69, 9.17) is 16.0 Å². The van der Waals surface area contributed by atoms with Crippen molar-refractivity contribution in [3.8, 4) is 22.4 Å². The maximum atomic E-state index is 13.0. The van der Waals surface area contributed by atoms with Gasteiger partial charge in [0.15, 0.2) is 5.58 Å². The Morgan fingerprint density at radius 1 is 1.09 bits per heavy atom. The van der Waals surface area contributed by atoms with Crippen molar-refractivity contribution in [1.29, 1.82) is 0 Å². The molecule has 2 amide bonds. The molecule has 158 valence electrons. The lowest BCUT2D eigenvalue weighted by Crippen LogP contribution is -2.30. The van der Waals surface area contributed by atoms with Crippen LogP contribution in [0.5, 0.6) is 0 Å². The lowest BCUT2D eigenvalue weighted by molar-refractivity contribution is -0.114. The Hall–Kier alpha value is -4.39. The van der Waals surface area contributed by atoms with Crippen LogP contribution in [0.1, 0.15) is 15.9 Å². The summed E-state index contributed by atoms with van der Waals surface area (Å²) in [6.07, 6.45) is 0. The van der Waals surface area contributed by atoms with E-state index in [0.717, 1.165) is 33.3 Å². The van der Waals surface area contributed by atoms with Crippen LogP contribution >= 0.6 is 0 Å². The summed E-state index contributed by atoms with van der Waals surface area (Å²) in [6, 6.07) is 19.3. The second kappa shape index (κ2) is 7.39. The van der Waals surface area contributed by atoms with Crippen LogP contribution in [-0.4, -0.2) is 28.4 Å². The number of fused-ring (bicyclic) bond motifs is 2. The summed E-state index contributed by atoms with van der Waals surface area (Å²) in [7, 11) is 0. The van der Waals surface area contributed by atoms with E-state index in [0.29, 0.717) is 23.4 Å². The zero-order valence-corrected chi connectivity index (χ0v) is 17.2. The number of benzene rings is 3. The molecule has 0 fully saturated rings. The van der Waals surface area contributed by atoms with Gasteiger partial charge < -0.3 is 20.9 Å². The molecule has 1 aromatic heterocycles. The molecule has 0 unspecified atom stereocenters. The molecule has 0 bridgehead atoms. The molecule has 0 saturated heterocycles. The molecule has 5 rings (SSSR count). The molecule has 4 N–H and O–H groups in total. The lowest BCUT2D eigenvalue weighted by atomic mass is 9.94. The lowest BCUT2D eigenvalue weighted by Gasteiger charge is -2.15. The number of hydrogen-bond donors (Lipinski definition) is 2. The monoisotopic (exact) mass is 424 g/mol. The normalized spacial score (nSPS) is 12.9. The summed E-state index contributed by atoms with van der Waals surface area (Å²) in [5.41, 5.74) is 17.5. The standard InChI is InChI=1S/C25H20N4O3/c1-14(24(27)30)12-29-13-19-17(8-9-20(26)22(19)25(29)31)16-7-10-21-18(11-16)23(28-32-21)15-5-3-2-4-6-15/h2-11H,1,12-13,26H2,(H2,27,30). The molecule has 2 heterocycles. The van der Waals surface area contributed by atoms with Crippen molar-refractivity contribution in [1.82, 2.24) is 10.1 Å². The predicted molar refractivity (Wildman–Crippen MR) is 122 cm³/mol. The summed E-state index contributed by atoms with van der Waals surface area (Å²) < 4.78 is 5.52. The zero-order valence-electron chi connectivity index (χ0n) is 17.2. The van der Waals surface area contributed by atoms with Crippen LogP contribution in [0.3, 0.4) is 0 Å². The van der Waals surface area contributed by atoms with Crippen molar-refractivity contribution in [2.75, 3.05) is 12.3 Å². The average molecular weight is 424 g/mol. The molecule has 1 aliphatic rings. The van der Waals surface area contributed by atoms with Crippen molar-refractivity contribution in [2.24, 2.45) is 5.73 Å². The van der Waals surface area contributed by atoms with Gasteiger partial charge >= 0.3 is 0 Å². The Morgan fingerprint density at radius 3 is 2.62 bits per heavy atom. The van der Waals surface area contributed by atoms with Crippen LogP contribution in [0.2, 0.25) is 0 Å². The number of carbonyl (C=O) groups excluding carboxylic acids is 2. The van der Waals surface area contributed by atoms with Crippen LogP contribution in [0, 0.1) is 0 Å². The molecule has 4 aromatic rings. The van der Waals surface area contributed by atoms with Crippen molar-refractivity contribution in [2.45, 2.75) is 6.54 Å². The van der Waals surface area contributed by atoms with E-state index >= 15 is 0 Å². The Balaban J connectivity index is 1.60. The van der Waals surface area contributed by atoms with E-state index in [2.05, 4.69) is 11.7 Å². The number of nitrogens with two attached hydrogens (primary N) is 2. The highest BCUT2D eigenvalue weighted by molar-refractivity contribution is 6.06. The first-order chi connectivity index (χ1) is 15.4. The summed E-state index contributed by atoms with van der Waals surface area (Å²) >= 11 is 0. The minimum atomic E-state index is -0.631.